The van der Waals surface area contributed by atoms with Crippen molar-refractivity contribution in [3.05, 3.63) is 28.7 Å². The van der Waals surface area contributed by atoms with E-state index >= 15 is 0 Å². The van der Waals surface area contributed by atoms with Gasteiger partial charge < -0.3 is 10.6 Å². The molecule has 0 saturated carbocycles. The number of nitrogens with one attached hydrogen (secondary N) is 3. The molecular weight excluding hydrogens is 310 g/mol. The van der Waals surface area contributed by atoms with Crippen LogP contribution in [0.4, 0.5) is 10.5 Å². The summed E-state index contributed by atoms with van der Waals surface area (Å²) in [7, 11) is 0. The molecule has 0 atom stereocenters. The first-order valence-corrected chi connectivity index (χ1v) is 7.03. The molecule has 0 aromatic heterocycles. The standard InChI is InChI=1S/C13H16BrN3O2/c14-10-3-1-2-4-11(10)16-13(19)17-12(18)9-5-7-15-8-6-9/h1-4,9,15H,5-8H2,(H2,16,17,18,19). The van der Waals surface area contributed by atoms with Crippen LogP contribution < -0.4 is 16.0 Å². The molecule has 5 nitrogen and oxygen atoms in total. The predicted molar refractivity (Wildman–Crippen MR) is 76.9 cm³/mol. The number of hydrogen-bond donors (Lipinski definition) is 3. The van der Waals surface area contributed by atoms with Crippen molar-refractivity contribution in [3.8, 4) is 0 Å². The van der Waals surface area contributed by atoms with Crippen molar-refractivity contribution in [1.29, 1.82) is 0 Å². The van der Waals surface area contributed by atoms with Crippen LogP contribution in [0.2, 0.25) is 0 Å². The summed E-state index contributed by atoms with van der Waals surface area (Å²) in [5.74, 6) is -0.280. The van der Waals surface area contributed by atoms with Gasteiger partial charge in [0, 0.05) is 10.4 Å². The van der Waals surface area contributed by atoms with E-state index in [0.29, 0.717) is 5.69 Å². The van der Waals surface area contributed by atoms with Crippen LogP contribution in [0.25, 0.3) is 0 Å². The maximum Gasteiger partial charge on any atom is 0.325 e. The van der Waals surface area contributed by atoms with E-state index in [2.05, 4.69) is 31.9 Å². The average molecular weight is 326 g/mol. The molecule has 1 aromatic carbocycles. The molecule has 102 valence electrons. The molecule has 6 heteroatoms. The minimum absolute atomic E-state index is 0.0776. The lowest BCUT2D eigenvalue weighted by atomic mass is 9.97. The largest absolute Gasteiger partial charge is 0.325 e. The number of para-hydroxylation sites is 1. The van der Waals surface area contributed by atoms with Gasteiger partial charge in [-0.1, -0.05) is 12.1 Å². The zero-order valence-corrected chi connectivity index (χ0v) is 12.0. The van der Waals surface area contributed by atoms with Gasteiger partial charge in [-0.15, -0.1) is 0 Å². The van der Waals surface area contributed by atoms with Crippen molar-refractivity contribution in [3.63, 3.8) is 0 Å². The maximum atomic E-state index is 11.9. The van der Waals surface area contributed by atoms with E-state index in [1.54, 1.807) is 6.07 Å². The molecule has 1 fully saturated rings. The second-order valence-electron chi connectivity index (χ2n) is 4.45. The monoisotopic (exact) mass is 325 g/mol. The predicted octanol–water partition coefficient (Wildman–Crippen LogP) is 2.10. The second kappa shape index (κ2) is 6.68. The quantitative estimate of drug-likeness (QED) is 0.779. The highest BCUT2D eigenvalue weighted by Gasteiger charge is 2.22. The smallest absolute Gasteiger partial charge is 0.317 e. The van der Waals surface area contributed by atoms with Gasteiger partial charge in [0.1, 0.15) is 0 Å². The Morgan fingerprint density at radius 1 is 1.21 bits per heavy atom. The van der Waals surface area contributed by atoms with Crippen molar-refractivity contribution in [2.75, 3.05) is 18.4 Å². The number of benzene rings is 1. The van der Waals surface area contributed by atoms with E-state index in [4.69, 9.17) is 0 Å². The van der Waals surface area contributed by atoms with Gasteiger partial charge in [-0.25, -0.2) is 4.79 Å². The van der Waals surface area contributed by atoms with Gasteiger partial charge in [-0.3, -0.25) is 10.1 Å². The van der Waals surface area contributed by atoms with Crippen molar-refractivity contribution >= 4 is 33.6 Å². The number of carbonyl (C=O) groups is 2. The first-order chi connectivity index (χ1) is 9.16. The molecule has 1 saturated heterocycles. The molecule has 3 N–H and O–H groups in total. The third-order valence-corrected chi connectivity index (χ3v) is 3.76. The minimum atomic E-state index is -0.490. The van der Waals surface area contributed by atoms with Gasteiger partial charge >= 0.3 is 6.03 Å². The number of anilines is 1. The Morgan fingerprint density at radius 2 is 1.89 bits per heavy atom. The average Bonchev–Trinajstić information content (AvgIpc) is 2.42. The second-order valence-corrected chi connectivity index (χ2v) is 5.30. The summed E-state index contributed by atoms with van der Waals surface area (Å²) >= 11 is 3.33. The van der Waals surface area contributed by atoms with Gasteiger partial charge in [-0.05, 0) is 54.0 Å². The lowest BCUT2D eigenvalue weighted by molar-refractivity contribution is -0.124. The topological polar surface area (TPSA) is 70.2 Å². The molecule has 0 unspecified atom stereocenters. The SMILES string of the molecule is O=C(NC(=O)C1CCNCC1)Nc1ccccc1Br. The van der Waals surface area contributed by atoms with Crippen LogP contribution in [-0.2, 0) is 4.79 Å². The van der Waals surface area contributed by atoms with Crippen LogP contribution >= 0.6 is 15.9 Å². The first-order valence-electron chi connectivity index (χ1n) is 6.24. The van der Waals surface area contributed by atoms with E-state index in [1.165, 1.54) is 0 Å². The lowest BCUT2D eigenvalue weighted by Gasteiger charge is -2.21. The molecule has 1 aliphatic heterocycles. The molecule has 0 radical (unpaired) electrons. The Morgan fingerprint density at radius 3 is 2.58 bits per heavy atom. The molecule has 0 spiro atoms. The van der Waals surface area contributed by atoms with E-state index in [-0.39, 0.29) is 11.8 Å². The molecule has 2 rings (SSSR count). The van der Waals surface area contributed by atoms with Gasteiger partial charge in [0.05, 0.1) is 5.69 Å². The molecular formula is C13H16BrN3O2. The van der Waals surface area contributed by atoms with E-state index < -0.39 is 6.03 Å². The number of imide groups is 1. The summed E-state index contributed by atoms with van der Waals surface area (Å²) in [5.41, 5.74) is 0.637. The highest BCUT2D eigenvalue weighted by molar-refractivity contribution is 9.10. The number of halogens is 1. The Hall–Kier alpha value is -1.40. The van der Waals surface area contributed by atoms with Crippen LogP contribution in [0.5, 0.6) is 0 Å². The summed E-state index contributed by atoms with van der Waals surface area (Å²) in [6.45, 7) is 1.65. The molecule has 0 aliphatic carbocycles. The highest BCUT2D eigenvalue weighted by atomic mass is 79.9. The van der Waals surface area contributed by atoms with Crippen molar-refractivity contribution in [2.45, 2.75) is 12.8 Å². The van der Waals surface area contributed by atoms with Crippen molar-refractivity contribution < 1.29 is 9.59 Å². The zero-order chi connectivity index (χ0) is 13.7. The maximum absolute atomic E-state index is 11.9. The van der Waals surface area contributed by atoms with E-state index in [0.717, 1.165) is 30.4 Å². The number of hydrogen-bond acceptors (Lipinski definition) is 3. The Balaban J connectivity index is 1.87. The number of amides is 3. The fraction of sp³-hybridized carbons (Fsp3) is 0.385. The summed E-state index contributed by atoms with van der Waals surface area (Å²) in [6.07, 6.45) is 1.54. The Bertz CT molecular complexity index is 473. The van der Waals surface area contributed by atoms with Crippen molar-refractivity contribution in [1.82, 2.24) is 10.6 Å². The van der Waals surface area contributed by atoms with E-state index in [9.17, 15) is 9.59 Å². The molecule has 1 heterocycles. The molecule has 19 heavy (non-hydrogen) atoms. The van der Waals surface area contributed by atoms with Crippen LogP contribution in [0.15, 0.2) is 28.7 Å². The molecule has 1 aromatic rings. The summed E-state index contributed by atoms with van der Waals surface area (Å²) < 4.78 is 0.777. The summed E-state index contributed by atoms with van der Waals surface area (Å²) in [4.78, 5) is 23.6. The van der Waals surface area contributed by atoms with Crippen LogP contribution in [0, 0.1) is 5.92 Å². The number of carbonyl (C=O) groups excluding carboxylic acids is 2. The Labute approximate surface area is 120 Å². The van der Waals surface area contributed by atoms with Crippen LogP contribution in [0.3, 0.4) is 0 Å². The molecule has 3 amide bonds. The number of piperidine rings is 1. The van der Waals surface area contributed by atoms with Gasteiger partial charge in [0.2, 0.25) is 5.91 Å². The minimum Gasteiger partial charge on any atom is -0.317 e. The Kier molecular flexibility index (Phi) is 4.93. The highest BCUT2D eigenvalue weighted by Crippen LogP contribution is 2.21. The zero-order valence-electron chi connectivity index (χ0n) is 10.4. The van der Waals surface area contributed by atoms with Gasteiger partial charge in [-0.2, -0.15) is 0 Å². The van der Waals surface area contributed by atoms with Gasteiger partial charge in [0.15, 0.2) is 0 Å². The van der Waals surface area contributed by atoms with Crippen molar-refractivity contribution in [2.24, 2.45) is 5.92 Å². The lowest BCUT2D eigenvalue weighted by Crippen LogP contribution is -2.42. The normalized spacial score (nSPS) is 15.8. The fourth-order valence-electron chi connectivity index (χ4n) is 2.01. The van der Waals surface area contributed by atoms with Crippen LogP contribution in [0.1, 0.15) is 12.8 Å². The summed E-state index contributed by atoms with van der Waals surface area (Å²) in [6, 6.07) is 6.76. The fourth-order valence-corrected chi connectivity index (χ4v) is 2.40. The third-order valence-electron chi connectivity index (χ3n) is 3.07. The molecule has 0 bridgehead atoms. The molecule has 1 aliphatic rings. The van der Waals surface area contributed by atoms with Gasteiger partial charge in [0.25, 0.3) is 0 Å². The number of urea groups is 1. The summed E-state index contributed by atoms with van der Waals surface area (Å²) in [5, 5.41) is 8.22. The first kappa shape index (κ1) is 14.0. The third kappa shape index (κ3) is 4.04. The van der Waals surface area contributed by atoms with Crippen LogP contribution in [-0.4, -0.2) is 25.0 Å². The number of rotatable bonds is 2. The van der Waals surface area contributed by atoms with E-state index in [1.807, 2.05) is 18.2 Å².